The summed E-state index contributed by atoms with van der Waals surface area (Å²) >= 11 is 0. The molecule has 0 radical (unpaired) electrons. The van der Waals surface area contributed by atoms with Crippen molar-refractivity contribution in [1.29, 1.82) is 0 Å². The molecule has 1 heterocycles. The maximum Gasteiger partial charge on any atom is 0.261 e. The standard InChI is InChI=1S/C39H50O5Si2/c1-37(2,3)45(31-21-13-9-14-22-31,32-23-15-10-16-24-32)42-30-39(41-8)35(29-36(40-7)43-39)44-46(38(4,5)6,33-25-17-11-18-26-33)34-27-19-12-20-28-34/h9-28,35-36H,29-30H2,1-8H3/t35-,36?,39+/m0/s1. The lowest BCUT2D eigenvalue weighted by Gasteiger charge is -2.48. The molecule has 5 rings (SSSR count). The highest BCUT2D eigenvalue weighted by atomic mass is 28.4. The Hall–Kier alpha value is -2.89. The zero-order valence-electron chi connectivity index (χ0n) is 28.7. The minimum absolute atomic E-state index is 0.180. The van der Waals surface area contributed by atoms with E-state index >= 15 is 0 Å². The van der Waals surface area contributed by atoms with E-state index in [0.717, 1.165) is 0 Å². The minimum atomic E-state index is -2.96. The van der Waals surface area contributed by atoms with Gasteiger partial charge in [0, 0.05) is 20.6 Å². The van der Waals surface area contributed by atoms with Gasteiger partial charge in [-0.3, -0.25) is 0 Å². The molecule has 46 heavy (non-hydrogen) atoms. The lowest BCUT2D eigenvalue weighted by Crippen LogP contribution is -2.71. The molecule has 0 aliphatic carbocycles. The third-order valence-corrected chi connectivity index (χ3v) is 19.5. The van der Waals surface area contributed by atoms with E-state index in [0.29, 0.717) is 6.42 Å². The van der Waals surface area contributed by atoms with Gasteiger partial charge in [0.1, 0.15) is 6.10 Å². The summed E-state index contributed by atoms with van der Waals surface area (Å²) in [5.41, 5.74) is 0. The zero-order valence-corrected chi connectivity index (χ0v) is 30.7. The molecule has 5 nitrogen and oxygen atoms in total. The molecule has 0 bridgehead atoms. The number of methoxy groups -OCH3 is 2. The van der Waals surface area contributed by atoms with Crippen LogP contribution in [0.5, 0.6) is 0 Å². The van der Waals surface area contributed by atoms with Gasteiger partial charge in [-0.2, -0.15) is 0 Å². The molecule has 0 amide bonds. The quantitative estimate of drug-likeness (QED) is 0.179. The van der Waals surface area contributed by atoms with Gasteiger partial charge >= 0.3 is 0 Å². The Morgan fingerprint density at radius 3 is 1.30 bits per heavy atom. The largest absolute Gasteiger partial charge is 0.402 e. The molecule has 0 N–H and O–H groups in total. The molecule has 4 aromatic carbocycles. The highest BCUT2D eigenvalue weighted by Crippen LogP contribution is 2.44. The third-order valence-electron chi connectivity index (χ3n) is 9.48. The van der Waals surface area contributed by atoms with Crippen molar-refractivity contribution in [1.82, 2.24) is 0 Å². The van der Waals surface area contributed by atoms with Gasteiger partial charge in [0.15, 0.2) is 6.29 Å². The molecule has 7 heteroatoms. The molecule has 4 aromatic rings. The number of hydrogen-bond donors (Lipinski definition) is 0. The number of hydrogen-bond acceptors (Lipinski definition) is 5. The SMILES string of the molecule is COC1C[C@H](O[Si](c2ccccc2)(c2ccccc2)C(C)(C)C)[C@](CO[Si](c2ccccc2)(c2ccccc2)C(C)(C)C)(OC)O1. The van der Waals surface area contributed by atoms with E-state index in [-0.39, 0.29) is 16.7 Å². The summed E-state index contributed by atoms with van der Waals surface area (Å²) in [6, 6.07) is 42.7. The minimum Gasteiger partial charge on any atom is -0.402 e. The fraction of sp³-hybridized carbons (Fsp3) is 0.385. The zero-order chi connectivity index (χ0) is 33.1. The van der Waals surface area contributed by atoms with Crippen LogP contribution in [0.15, 0.2) is 121 Å². The molecular formula is C39H50O5Si2. The highest BCUT2D eigenvalue weighted by Gasteiger charge is 2.60. The van der Waals surface area contributed by atoms with Crippen LogP contribution in [0.2, 0.25) is 10.1 Å². The third kappa shape index (κ3) is 6.22. The Morgan fingerprint density at radius 2 is 0.978 bits per heavy atom. The fourth-order valence-electron chi connectivity index (χ4n) is 7.22. The molecule has 1 saturated heterocycles. The molecule has 244 valence electrons. The van der Waals surface area contributed by atoms with Crippen molar-refractivity contribution in [2.45, 2.75) is 76.2 Å². The van der Waals surface area contributed by atoms with Gasteiger partial charge in [0.25, 0.3) is 16.6 Å². The Morgan fingerprint density at radius 1 is 0.609 bits per heavy atom. The van der Waals surface area contributed by atoms with Crippen molar-refractivity contribution >= 4 is 37.4 Å². The van der Waals surface area contributed by atoms with Gasteiger partial charge in [0.05, 0.1) is 6.61 Å². The maximum absolute atomic E-state index is 7.68. The first kappa shape index (κ1) is 34.4. The van der Waals surface area contributed by atoms with Crippen LogP contribution in [0.1, 0.15) is 48.0 Å². The second kappa shape index (κ2) is 13.7. The van der Waals surface area contributed by atoms with Gasteiger partial charge in [-0.25, -0.2) is 0 Å². The van der Waals surface area contributed by atoms with Gasteiger partial charge in [-0.15, -0.1) is 0 Å². The molecule has 1 fully saturated rings. The van der Waals surface area contributed by atoms with Crippen LogP contribution < -0.4 is 20.7 Å². The molecule has 0 aromatic heterocycles. The monoisotopic (exact) mass is 654 g/mol. The molecule has 0 saturated carbocycles. The summed E-state index contributed by atoms with van der Waals surface area (Å²) in [5.74, 6) is -1.21. The van der Waals surface area contributed by atoms with Crippen LogP contribution in [0.25, 0.3) is 0 Å². The molecule has 1 unspecified atom stereocenters. The Kier molecular flexibility index (Phi) is 10.3. The van der Waals surface area contributed by atoms with Gasteiger partial charge in [-0.05, 0) is 30.8 Å². The summed E-state index contributed by atoms with van der Waals surface area (Å²) in [5, 5.41) is 4.37. The lowest BCUT2D eigenvalue weighted by molar-refractivity contribution is -0.284. The summed E-state index contributed by atoms with van der Waals surface area (Å²) in [6.07, 6.45) is -0.461. The predicted octanol–water partition coefficient (Wildman–Crippen LogP) is 6.24. The number of rotatable bonds is 11. The highest BCUT2D eigenvalue weighted by molar-refractivity contribution is 7.00. The normalized spacial score (nSPS) is 21.0. The van der Waals surface area contributed by atoms with E-state index < -0.39 is 34.8 Å². The van der Waals surface area contributed by atoms with Gasteiger partial charge < -0.3 is 23.1 Å². The molecule has 3 atom stereocenters. The van der Waals surface area contributed by atoms with Crippen LogP contribution >= 0.6 is 0 Å². The van der Waals surface area contributed by atoms with Crippen LogP contribution in [-0.4, -0.2) is 55.6 Å². The van der Waals surface area contributed by atoms with Crippen molar-refractivity contribution in [2.75, 3.05) is 20.8 Å². The summed E-state index contributed by atoms with van der Waals surface area (Å²) in [4.78, 5) is 0. The van der Waals surface area contributed by atoms with Gasteiger partial charge in [0.2, 0.25) is 5.79 Å². The topological polar surface area (TPSA) is 46.2 Å². The van der Waals surface area contributed by atoms with E-state index in [1.165, 1.54) is 20.7 Å². The van der Waals surface area contributed by atoms with E-state index in [1.54, 1.807) is 14.2 Å². The van der Waals surface area contributed by atoms with E-state index in [1.807, 2.05) is 0 Å². The Balaban J connectivity index is 1.65. The van der Waals surface area contributed by atoms with Crippen molar-refractivity contribution in [3.63, 3.8) is 0 Å². The Bertz CT molecular complexity index is 1440. The molecule has 0 spiro atoms. The average molecular weight is 655 g/mol. The molecule has 1 aliphatic rings. The van der Waals surface area contributed by atoms with E-state index in [2.05, 4.69) is 163 Å². The van der Waals surface area contributed by atoms with Gasteiger partial charge in [-0.1, -0.05) is 163 Å². The van der Waals surface area contributed by atoms with E-state index in [9.17, 15) is 0 Å². The first-order valence-electron chi connectivity index (χ1n) is 16.2. The molecule has 1 aliphatic heterocycles. The summed E-state index contributed by atoms with van der Waals surface area (Å²) in [7, 11) is -2.49. The van der Waals surface area contributed by atoms with Crippen molar-refractivity contribution in [3.05, 3.63) is 121 Å². The summed E-state index contributed by atoms with van der Waals surface area (Å²) < 4.78 is 34.2. The van der Waals surface area contributed by atoms with Crippen molar-refractivity contribution in [2.24, 2.45) is 0 Å². The first-order chi connectivity index (χ1) is 21.9. The van der Waals surface area contributed by atoms with Crippen LogP contribution in [0.3, 0.4) is 0 Å². The van der Waals surface area contributed by atoms with Crippen molar-refractivity contribution in [3.8, 4) is 0 Å². The fourth-order valence-corrected chi connectivity index (χ4v) is 16.5. The lowest BCUT2D eigenvalue weighted by atomic mass is 10.1. The van der Waals surface area contributed by atoms with Crippen molar-refractivity contribution < 1.29 is 23.1 Å². The van der Waals surface area contributed by atoms with Crippen LogP contribution in [-0.2, 0) is 23.1 Å². The second-order valence-electron chi connectivity index (χ2n) is 14.3. The average Bonchev–Trinajstić information content (AvgIpc) is 3.42. The second-order valence-corrected chi connectivity index (χ2v) is 22.8. The van der Waals surface area contributed by atoms with Crippen LogP contribution in [0, 0.1) is 0 Å². The predicted molar refractivity (Wildman–Crippen MR) is 192 cm³/mol. The number of benzene rings is 4. The smallest absolute Gasteiger partial charge is 0.261 e. The summed E-state index contributed by atoms with van der Waals surface area (Å²) in [6.45, 7) is 13.9. The maximum atomic E-state index is 7.68. The van der Waals surface area contributed by atoms with Crippen LogP contribution in [0.4, 0.5) is 0 Å². The molecular weight excluding hydrogens is 605 g/mol. The number of ether oxygens (including phenoxy) is 3. The first-order valence-corrected chi connectivity index (χ1v) is 20.0. The van der Waals surface area contributed by atoms with E-state index in [4.69, 9.17) is 23.1 Å². The Labute approximate surface area is 278 Å².